The van der Waals surface area contributed by atoms with Crippen molar-refractivity contribution in [3.05, 3.63) is 30.2 Å². The number of benzene rings is 1. The topological polar surface area (TPSA) is 60.2 Å². The molecule has 0 aliphatic heterocycles. The van der Waals surface area contributed by atoms with Gasteiger partial charge in [-0.2, -0.15) is 0 Å². The van der Waals surface area contributed by atoms with Gasteiger partial charge in [0.25, 0.3) is 0 Å². The summed E-state index contributed by atoms with van der Waals surface area (Å²) in [5, 5.41) is 11.4. The average molecular weight is 261 g/mol. The molecule has 1 unspecified atom stereocenters. The molecule has 0 bridgehead atoms. The van der Waals surface area contributed by atoms with E-state index in [1.807, 2.05) is 24.3 Å². The van der Waals surface area contributed by atoms with Crippen LogP contribution in [0.15, 0.2) is 28.7 Å². The second kappa shape index (κ2) is 6.33. The Kier molecular flexibility index (Phi) is 4.52. The first-order chi connectivity index (χ1) is 9.20. The Bertz CT molecular complexity index is 525. The van der Waals surface area contributed by atoms with Gasteiger partial charge in [-0.05, 0) is 25.5 Å². The third-order valence-corrected chi connectivity index (χ3v) is 2.84. The summed E-state index contributed by atoms with van der Waals surface area (Å²) < 4.78 is 10.6. The predicted octanol–water partition coefficient (Wildman–Crippen LogP) is 2.88. The minimum absolute atomic E-state index is 0.310. The molecule has 1 aromatic carbocycles. The molecule has 5 nitrogen and oxygen atoms in total. The lowest BCUT2D eigenvalue weighted by molar-refractivity contribution is 0.191. The number of nitrogens with zero attached hydrogens (tertiary/aromatic N) is 2. The number of methoxy groups -OCH3 is 1. The normalized spacial score (nSPS) is 12.4. The zero-order valence-corrected chi connectivity index (χ0v) is 11.5. The fraction of sp³-hybridized carbons (Fsp3) is 0.429. The molecule has 0 saturated heterocycles. The van der Waals surface area contributed by atoms with Crippen molar-refractivity contribution in [2.24, 2.45) is 0 Å². The summed E-state index contributed by atoms with van der Waals surface area (Å²) >= 11 is 0. The van der Waals surface area contributed by atoms with Gasteiger partial charge in [0.05, 0.1) is 5.56 Å². The Morgan fingerprint density at radius 3 is 2.79 bits per heavy atom. The van der Waals surface area contributed by atoms with Gasteiger partial charge >= 0.3 is 0 Å². The molecule has 0 aliphatic rings. The molecule has 1 heterocycles. The van der Waals surface area contributed by atoms with Crippen molar-refractivity contribution in [2.45, 2.75) is 26.3 Å². The van der Waals surface area contributed by atoms with Gasteiger partial charge in [-0.15, -0.1) is 10.2 Å². The molecule has 1 atom stereocenters. The maximum absolute atomic E-state index is 5.49. The van der Waals surface area contributed by atoms with Crippen molar-refractivity contribution in [2.75, 3.05) is 19.0 Å². The molecule has 0 spiro atoms. The molecule has 0 amide bonds. The number of anilines is 1. The van der Waals surface area contributed by atoms with Crippen LogP contribution in [0.5, 0.6) is 0 Å². The Morgan fingerprint density at radius 2 is 2.11 bits per heavy atom. The summed E-state index contributed by atoms with van der Waals surface area (Å²) in [5.41, 5.74) is 1.92. The molecule has 0 aliphatic carbocycles. The standard InChI is InChI=1S/C14H19N3O2/c1-10(8-9-18-3)15-13-7-5-4-6-12(13)14-17-16-11(2)19-14/h4-7,10,15H,8-9H2,1-3H3. The summed E-state index contributed by atoms with van der Waals surface area (Å²) in [5.74, 6) is 1.11. The second-order valence-corrected chi connectivity index (χ2v) is 4.50. The third-order valence-electron chi connectivity index (χ3n) is 2.84. The SMILES string of the molecule is COCCC(C)Nc1ccccc1-c1nnc(C)o1. The van der Waals surface area contributed by atoms with E-state index in [9.17, 15) is 0 Å². The number of aryl methyl sites for hydroxylation is 1. The van der Waals surface area contributed by atoms with Crippen LogP contribution in [-0.4, -0.2) is 30.0 Å². The molecule has 2 aromatic rings. The molecule has 102 valence electrons. The zero-order valence-electron chi connectivity index (χ0n) is 11.5. The van der Waals surface area contributed by atoms with Crippen LogP contribution in [0, 0.1) is 6.92 Å². The van der Waals surface area contributed by atoms with Crippen LogP contribution >= 0.6 is 0 Å². The summed E-state index contributed by atoms with van der Waals surface area (Å²) in [6, 6.07) is 8.24. The summed E-state index contributed by atoms with van der Waals surface area (Å²) in [6.07, 6.45) is 0.938. The van der Waals surface area contributed by atoms with Gasteiger partial charge in [-0.25, -0.2) is 0 Å². The van der Waals surface area contributed by atoms with Gasteiger partial charge in [-0.3, -0.25) is 0 Å². The molecule has 0 saturated carbocycles. The van der Waals surface area contributed by atoms with Crippen molar-refractivity contribution in [3.63, 3.8) is 0 Å². The molecular weight excluding hydrogens is 242 g/mol. The summed E-state index contributed by atoms with van der Waals surface area (Å²) in [6.45, 7) is 4.64. The quantitative estimate of drug-likeness (QED) is 0.866. The van der Waals surface area contributed by atoms with Crippen LogP contribution in [0.2, 0.25) is 0 Å². The molecular formula is C14H19N3O2. The number of para-hydroxylation sites is 1. The van der Waals surface area contributed by atoms with E-state index < -0.39 is 0 Å². The Morgan fingerprint density at radius 1 is 1.32 bits per heavy atom. The van der Waals surface area contributed by atoms with E-state index >= 15 is 0 Å². The van der Waals surface area contributed by atoms with Crippen LogP contribution in [0.25, 0.3) is 11.5 Å². The largest absolute Gasteiger partial charge is 0.421 e. The Hall–Kier alpha value is -1.88. The Balaban J connectivity index is 2.17. The maximum Gasteiger partial charge on any atom is 0.249 e. The number of hydrogen-bond acceptors (Lipinski definition) is 5. The van der Waals surface area contributed by atoms with Gasteiger partial charge < -0.3 is 14.5 Å². The highest BCUT2D eigenvalue weighted by atomic mass is 16.5. The van der Waals surface area contributed by atoms with Gasteiger partial charge in [0.15, 0.2) is 0 Å². The molecule has 19 heavy (non-hydrogen) atoms. The third kappa shape index (κ3) is 3.54. The van der Waals surface area contributed by atoms with E-state index in [0.29, 0.717) is 17.8 Å². The number of rotatable bonds is 6. The molecule has 1 N–H and O–H groups in total. The van der Waals surface area contributed by atoms with E-state index in [1.54, 1.807) is 14.0 Å². The van der Waals surface area contributed by atoms with Crippen LogP contribution in [0.4, 0.5) is 5.69 Å². The van der Waals surface area contributed by atoms with Gasteiger partial charge in [0, 0.05) is 32.4 Å². The minimum Gasteiger partial charge on any atom is -0.421 e. The van der Waals surface area contributed by atoms with Crippen LogP contribution in [-0.2, 0) is 4.74 Å². The Labute approximate surface area is 113 Å². The molecule has 1 aromatic heterocycles. The van der Waals surface area contributed by atoms with Gasteiger partial charge in [-0.1, -0.05) is 12.1 Å². The highest BCUT2D eigenvalue weighted by molar-refractivity contribution is 5.72. The van der Waals surface area contributed by atoms with Crippen LogP contribution in [0.3, 0.4) is 0 Å². The van der Waals surface area contributed by atoms with Gasteiger partial charge in [0.1, 0.15) is 0 Å². The van der Waals surface area contributed by atoms with E-state index in [2.05, 4.69) is 22.4 Å². The fourth-order valence-electron chi connectivity index (χ4n) is 1.83. The number of ether oxygens (including phenoxy) is 1. The van der Waals surface area contributed by atoms with Crippen molar-refractivity contribution in [1.29, 1.82) is 0 Å². The first-order valence-corrected chi connectivity index (χ1v) is 6.35. The molecule has 2 rings (SSSR count). The van der Waals surface area contributed by atoms with Crippen molar-refractivity contribution in [1.82, 2.24) is 10.2 Å². The molecule has 0 fully saturated rings. The summed E-state index contributed by atoms with van der Waals surface area (Å²) in [4.78, 5) is 0. The molecule has 5 heteroatoms. The van der Waals surface area contributed by atoms with Crippen molar-refractivity contribution < 1.29 is 9.15 Å². The minimum atomic E-state index is 0.310. The lowest BCUT2D eigenvalue weighted by atomic mass is 10.1. The number of hydrogen-bond donors (Lipinski definition) is 1. The lowest BCUT2D eigenvalue weighted by Crippen LogP contribution is -2.17. The van der Waals surface area contributed by atoms with E-state index in [-0.39, 0.29) is 0 Å². The van der Waals surface area contributed by atoms with E-state index in [1.165, 1.54) is 0 Å². The van der Waals surface area contributed by atoms with E-state index in [4.69, 9.17) is 9.15 Å². The fourth-order valence-corrected chi connectivity index (χ4v) is 1.83. The van der Waals surface area contributed by atoms with Crippen molar-refractivity contribution >= 4 is 5.69 Å². The second-order valence-electron chi connectivity index (χ2n) is 4.50. The first-order valence-electron chi connectivity index (χ1n) is 6.35. The van der Waals surface area contributed by atoms with Crippen LogP contribution < -0.4 is 5.32 Å². The number of nitrogens with one attached hydrogen (secondary N) is 1. The predicted molar refractivity (Wildman–Crippen MR) is 74.0 cm³/mol. The highest BCUT2D eigenvalue weighted by Gasteiger charge is 2.12. The highest BCUT2D eigenvalue weighted by Crippen LogP contribution is 2.27. The summed E-state index contributed by atoms with van der Waals surface area (Å²) in [7, 11) is 1.71. The lowest BCUT2D eigenvalue weighted by Gasteiger charge is -2.16. The monoisotopic (exact) mass is 261 g/mol. The average Bonchev–Trinajstić information content (AvgIpc) is 2.83. The van der Waals surface area contributed by atoms with Gasteiger partial charge in [0.2, 0.25) is 11.8 Å². The number of aromatic nitrogens is 2. The van der Waals surface area contributed by atoms with Crippen molar-refractivity contribution in [3.8, 4) is 11.5 Å². The van der Waals surface area contributed by atoms with E-state index in [0.717, 1.165) is 24.3 Å². The zero-order chi connectivity index (χ0) is 13.7. The molecule has 0 radical (unpaired) electrons. The van der Waals surface area contributed by atoms with Crippen LogP contribution in [0.1, 0.15) is 19.2 Å². The smallest absolute Gasteiger partial charge is 0.249 e. The maximum atomic E-state index is 5.49. The first kappa shape index (κ1) is 13.5.